The molecule has 7 heteroatoms. The molecule has 0 radical (unpaired) electrons. The summed E-state index contributed by atoms with van der Waals surface area (Å²) in [6.45, 7) is 9.02. The van der Waals surface area contributed by atoms with Crippen LogP contribution in [0.15, 0.2) is 37.1 Å². The molecule has 178 valence electrons. The monoisotopic (exact) mass is 451 g/mol. The molecule has 3 atom stereocenters. The summed E-state index contributed by atoms with van der Waals surface area (Å²) in [6, 6.07) is 6.50. The molecule has 1 fully saturated rings. The lowest BCUT2D eigenvalue weighted by atomic mass is 9.72. The second-order valence-corrected chi connectivity index (χ2v) is 9.62. The van der Waals surface area contributed by atoms with Gasteiger partial charge in [0.25, 0.3) is 0 Å². The van der Waals surface area contributed by atoms with Crippen molar-refractivity contribution in [3.8, 4) is 0 Å². The fraction of sp³-hybridized carbons (Fsp3) is 0.538. The molecule has 2 aliphatic rings. The maximum absolute atomic E-state index is 13.7. The van der Waals surface area contributed by atoms with E-state index in [2.05, 4.69) is 51.1 Å². The number of carbonyl (C=O) groups excluding carboxylic acids is 2. The standard InChI is InChI=1S/C26H37N5O2/c1-5-11-30-17-19(25(32)31(26(33)27-6-2)13-8-12-29(3)4)14-21-20-9-7-10-22-24(20)18(16-28-22)15-23(21)30/h5,7,9-10,16,19,21,23,28H,1,6,8,11-15,17H2,2-4H3,(H,27,33)/t19-,21+,23-/m0/s1. The molecule has 1 aromatic heterocycles. The Morgan fingerprint density at radius 2 is 2.12 bits per heavy atom. The third-order valence-corrected chi connectivity index (χ3v) is 7.11. The molecule has 2 N–H and O–H groups in total. The number of fused-ring (bicyclic) bond motifs is 2. The van der Waals surface area contributed by atoms with Gasteiger partial charge in [-0.25, -0.2) is 4.79 Å². The van der Waals surface area contributed by atoms with Gasteiger partial charge in [0.2, 0.25) is 5.91 Å². The van der Waals surface area contributed by atoms with E-state index < -0.39 is 0 Å². The molecule has 0 saturated carbocycles. The number of carbonyl (C=O) groups is 2. The number of amides is 3. The number of piperidine rings is 1. The fourth-order valence-corrected chi connectivity index (χ4v) is 5.68. The zero-order chi connectivity index (χ0) is 23.5. The minimum absolute atomic E-state index is 0.0562. The number of rotatable bonds is 8. The van der Waals surface area contributed by atoms with Crippen molar-refractivity contribution in [2.75, 3.05) is 46.8 Å². The molecule has 1 aromatic carbocycles. The highest BCUT2D eigenvalue weighted by Gasteiger charge is 2.43. The Balaban J connectivity index is 1.61. The summed E-state index contributed by atoms with van der Waals surface area (Å²) in [4.78, 5) is 35.9. The van der Waals surface area contributed by atoms with Crippen LogP contribution in [0.5, 0.6) is 0 Å². The number of hydrogen-bond donors (Lipinski definition) is 2. The van der Waals surface area contributed by atoms with Crippen LogP contribution < -0.4 is 5.32 Å². The summed E-state index contributed by atoms with van der Waals surface area (Å²) in [5, 5.41) is 4.16. The Bertz CT molecular complexity index is 1010. The van der Waals surface area contributed by atoms with Crippen molar-refractivity contribution >= 4 is 22.8 Å². The first-order valence-corrected chi connectivity index (χ1v) is 12.1. The van der Waals surface area contributed by atoms with Crippen molar-refractivity contribution in [3.05, 3.63) is 48.2 Å². The molecule has 0 unspecified atom stereocenters. The fourth-order valence-electron chi connectivity index (χ4n) is 5.68. The molecule has 1 aliphatic carbocycles. The van der Waals surface area contributed by atoms with Crippen LogP contribution in [0.3, 0.4) is 0 Å². The van der Waals surface area contributed by atoms with Crippen LogP contribution in [0.25, 0.3) is 10.9 Å². The second kappa shape index (κ2) is 10.1. The van der Waals surface area contributed by atoms with Crippen LogP contribution in [0, 0.1) is 5.92 Å². The van der Waals surface area contributed by atoms with Crippen LogP contribution in [-0.2, 0) is 11.2 Å². The van der Waals surface area contributed by atoms with Crippen molar-refractivity contribution in [2.24, 2.45) is 5.92 Å². The van der Waals surface area contributed by atoms with Gasteiger partial charge in [-0.2, -0.15) is 0 Å². The molecule has 4 rings (SSSR count). The number of nitrogens with zero attached hydrogens (tertiary/aromatic N) is 3. The summed E-state index contributed by atoms with van der Waals surface area (Å²) in [5.41, 5.74) is 3.84. The van der Waals surface area contributed by atoms with Crippen molar-refractivity contribution < 1.29 is 9.59 Å². The van der Waals surface area contributed by atoms with Crippen LogP contribution in [0.1, 0.15) is 36.8 Å². The van der Waals surface area contributed by atoms with E-state index in [4.69, 9.17) is 0 Å². The number of nitrogens with one attached hydrogen (secondary N) is 2. The van der Waals surface area contributed by atoms with E-state index in [1.165, 1.54) is 21.4 Å². The number of likely N-dealkylation sites (tertiary alicyclic amines) is 1. The lowest BCUT2D eigenvalue weighted by Crippen LogP contribution is -2.55. The van der Waals surface area contributed by atoms with Crippen molar-refractivity contribution in [2.45, 2.75) is 38.1 Å². The highest BCUT2D eigenvalue weighted by atomic mass is 16.2. The largest absolute Gasteiger partial charge is 0.361 e. The number of imide groups is 1. The van der Waals surface area contributed by atoms with Gasteiger partial charge in [0.05, 0.1) is 5.92 Å². The number of hydrogen-bond acceptors (Lipinski definition) is 4. The predicted molar refractivity (Wildman–Crippen MR) is 132 cm³/mol. The van der Waals surface area contributed by atoms with E-state index in [-0.39, 0.29) is 23.8 Å². The van der Waals surface area contributed by atoms with Crippen molar-refractivity contribution in [1.82, 2.24) is 25.0 Å². The van der Waals surface area contributed by atoms with Gasteiger partial charge in [0.1, 0.15) is 0 Å². The van der Waals surface area contributed by atoms with Crippen molar-refractivity contribution in [3.63, 3.8) is 0 Å². The normalized spacial score (nSPS) is 22.2. The summed E-state index contributed by atoms with van der Waals surface area (Å²) in [7, 11) is 4.01. The van der Waals surface area contributed by atoms with E-state index in [1.54, 1.807) is 0 Å². The SMILES string of the molecule is C=CCN1C[C@@H](C(=O)N(CCCN(C)C)C(=O)NCC)C[C@@H]2c3cccc4[nH]cc(c34)C[C@@H]21. The molecule has 3 amide bonds. The lowest BCUT2D eigenvalue weighted by Gasteiger charge is -2.47. The number of aromatic nitrogens is 1. The van der Waals surface area contributed by atoms with Gasteiger partial charge in [-0.1, -0.05) is 18.2 Å². The minimum atomic E-state index is -0.280. The number of H-pyrrole nitrogens is 1. The second-order valence-electron chi connectivity index (χ2n) is 9.62. The van der Waals surface area contributed by atoms with E-state index in [0.29, 0.717) is 25.7 Å². The maximum Gasteiger partial charge on any atom is 0.324 e. The zero-order valence-corrected chi connectivity index (χ0v) is 20.1. The van der Waals surface area contributed by atoms with E-state index in [9.17, 15) is 9.59 Å². The highest BCUT2D eigenvalue weighted by molar-refractivity contribution is 5.96. The molecule has 0 bridgehead atoms. The minimum Gasteiger partial charge on any atom is -0.361 e. The average molecular weight is 452 g/mol. The van der Waals surface area contributed by atoms with Gasteiger partial charge in [0, 0.05) is 55.2 Å². The summed E-state index contributed by atoms with van der Waals surface area (Å²) >= 11 is 0. The number of aromatic amines is 1. The van der Waals surface area contributed by atoms with Crippen LogP contribution in [0.4, 0.5) is 4.79 Å². The number of benzene rings is 1. The quantitative estimate of drug-likeness (QED) is 0.605. The molecule has 1 aliphatic heterocycles. The Morgan fingerprint density at radius 1 is 1.30 bits per heavy atom. The first-order valence-electron chi connectivity index (χ1n) is 12.1. The highest BCUT2D eigenvalue weighted by Crippen LogP contribution is 2.45. The van der Waals surface area contributed by atoms with Crippen LogP contribution in [-0.4, -0.2) is 84.5 Å². The third kappa shape index (κ3) is 4.70. The molecular weight excluding hydrogens is 414 g/mol. The molecule has 1 saturated heterocycles. The maximum atomic E-state index is 13.7. The van der Waals surface area contributed by atoms with Crippen molar-refractivity contribution in [1.29, 1.82) is 0 Å². The van der Waals surface area contributed by atoms with Crippen LogP contribution >= 0.6 is 0 Å². The van der Waals surface area contributed by atoms with Gasteiger partial charge in [-0.15, -0.1) is 6.58 Å². The van der Waals surface area contributed by atoms with E-state index in [1.807, 2.05) is 27.1 Å². The summed E-state index contributed by atoms with van der Waals surface area (Å²) in [5.74, 6) is -0.0133. The van der Waals surface area contributed by atoms with Gasteiger partial charge in [-0.3, -0.25) is 14.6 Å². The molecule has 7 nitrogen and oxygen atoms in total. The first kappa shape index (κ1) is 23.5. The zero-order valence-electron chi connectivity index (χ0n) is 20.1. The smallest absolute Gasteiger partial charge is 0.324 e. The summed E-state index contributed by atoms with van der Waals surface area (Å²) in [6.07, 6.45) is 6.56. The van der Waals surface area contributed by atoms with Gasteiger partial charge >= 0.3 is 6.03 Å². The Morgan fingerprint density at radius 3 is 2.85 bits per heavy atom. The van der Waals surface area contributed by atoms with E-state index in [0.717, 1.165) is 37.9 Å². The molecule has 0 spiro atoms. The van der Waals surface area contributed by atoms with Gasteiger partial charge in [0.15, 0.2) is 0 Å². The Labute approximate surface area is 196 Å². The Kier molecular flexibility index (Phi) is 7.20. The first-order chi connectivity index (χ1) is 15.9. The van der Waals surface area contributed by atoms with E-state index >= 15 is 0 Å². The number of urea groups is 1. The molecule has 2 aromatic rings. The average Bonchev–Trinajstić information content (AvgIpc) is 3.21. The lowest BCUT2D eigenvalue weighted by molar-refractivity contribution is -0.135. The molecule has 33 heavy (non-hydrogen) atoms. The van der Waals surface area contributed by atoms with Crippen LogP contribution in [0.2, 0.25) is 0 Å². The Hall–Kier alpha value is -2.64. The van der Waals surface area contributed by atoms with Gasteiger partial charge < -0.3 is 15.2 Å². The predicted octanol–water partition coefficient (Wildman–Crippen LogP) is 3.19. The molecular formula is C26H37N5O2. The van der Waals surface area contributed by atoms with Gasteiger partial charge in [-0.05, 0) is 64.0 Å². The molecule has 2 heterocycles. The topological polar surface area (TPSA) is 71.7 Å². The third-order valence-electron chi connectivity index (χ3n) is 7.11. The summed E-state index contributed by atoms with van der Waals surface area (Å²) < 4.78 is 0.